The molecule has 3 aromatic carbocycles. The van der Waals surface area contributed by atoms with Crippen LogP contribution in [0.15, 0.2) is 78.4 Å². The van der Waals surface area contributed by atoms with Gasteiger partial charge in [0.25, 0.3) is 11.6 Å². The number of anilines is 1. The van der Waals surface area contributed by atoms with Crippen molar-refractivity contribution in [3.63, 3.8) is 0 Å². The standard InChI is InChI=1S/C23H14ClN3O5/c24-18-9-7-16(8-10-18)23(29)32-21-6-1-3-15(12-21)11-17(14-25)22(28)26-19-4-2-5-20(13-19)27(30)31/h1-13H,(H,26,28)/b17-11+. The molecule has 9 heteroatoms. The second-order valence-corrected chi connectivity index (χ2v) is 6.84. The zero-order chi connectivity index (χ0) is 23.1. The number of esters is 1. The van der Waals surface area contributed by atoms with Gasteiger partial charge in [-0.25, -0.2) is 4.79 Å². The molecule has 0 saturated carbocycles. The van der Waals surface area contributed by atoms with Gasteiger partial charge in [-0.05, 0) is 54.1 Å². The molecule has 0 aliphatic rings. The lowest BCUT2D eigenvalue weighted by atomic mass is 10.1. The maximum absolute atomic E-state index is 12.4. The minimum Gasteiger partial charge on any atom is -0.423 e. The Bertz CT molecular complexity index is 1260. The average molecular weight is 448 g/mol. The van der Waals surface area contributed by atoms with Crippen LogP contribution in [0.25, 0.3) is 6.08 Å². The van der Waals surface area contributed by atoms with Gasteiger partial charge in [0.1, 0.15) is 17.4 Å². The lowest BCUT2D eigenvalue weighted by Gasteiger charge is -2.06. The van der Waals surface area contributed by atoms with Crippen molar-refractivity contribution in [1.82, 2.24) is 0 Å². The smallest absolute Gasteiger partial charge is 0.343 e. The van der Waals surface area contributed by atoms with Crippen LogP contribution in [0.1, 0.15) is 15.9 Å². The summed E-state index contributed by atoms with van der Waals surface area (Å²) >= 11 is 5.81. The van der Waals surface area contributed by atoms with E-state index in [1.54, 1.807) is 36.4 Å². The zero-order valence-electron chi connectivity index (χ0n) is 16.3. The normalized spacial score (nSPS) is 10.7. The Morgan fingerprint density at radius 2 is 1.78 bits per heavy atom. The van der Waals surface area contributed by atoms with Crippen molar-refractivity contribution in [3.05, 3.63) is 105 Å². The number of ether oxygens (including phenoxy) is 1. The number of nitro benzene ring substituents is 1. The summed E-state index contributed by atoms with van der Waals surface area (Å²) in [6.45, 7) is 0. The van der Waals surface area contributed by atoms with Crippen LogP contribution in [-0.4, -0.2) is 16.8 Å². The first kappa shape index (κ1) is 22.2. The van der Waals surface area contributed by atoms with Crippen LogP contribution in [0.4, 0.5) is 11.4 Å². The second-order valence-electron chi connectivity index (χ2n) is 6.40. The molecule has 0 aliphatic heterocycles. The van der Waals surface area contributed by atoms with Crippen LogP contribution in [0.5, 0.6) is 5.75 Å². The number of halogens is 1. The van der Waals surface area contributed by atoms with Crippen molar-refractivity contribution in [3.8, 4) is 11.8 Å². The molecule has 0 aliphatic carbocycles. The lowest BCUT2D eigenvalue weighted by molar-refractivity contribution is -0.384. The Kier molecular flexibility index (Phi) is 6.95. The van der Waals surface area contributed by atoms with Gasteiger partial charge in [-0.2, -0.15) is 5.26 Å². The van der Waals surface area contributed by atoms with Crippen molar-refractivity contribution in [2.75, 3.05) is 5.32 Å². The minimum absolute atomic E-state index is 0.177. The fraction of sp³-hybridized carbons (Fsp3) is 0. The molecule has 3 rings (SSSR count). The average Bonchev–Trinajstić information content (AvgIpc) is 2.78. The summed E-state index contributed by atoms with van der Waals surface area (Å²) in [5.41, 5.74) is 0.496. The number of nitrogens with zero attached hydrogens (tertiary/aromatic N) is 2. The highest BCUT2D eigenvalue weighted by molar-refractivity contribution is 6.30. The molecule has 32 heavy (non-hydrogen) atoms. The van der Waals surface area contributed by atoms with Gasteiger partial charge in [0, 0.05) is 22.8 Å². The van der Waals surface area contributed by atoms with Crippen molar-refractivity contribution in [2.45, 2.75) is 0 Å². The number of rotatable bonds is 6. The second kappa shape index (κ2) is 10.0. The number of nitriles is 1. The van der Waals surface area contributed by atoms with E-state index in [-0.39, 0.29) is 22.7 Å². The van der Waals surface area contributed by atoms with Crippen molar-refractivity contribution >= 4 is 40.9 Å². The lowest BCUT2D eigenvalue weighted by Crippen LogP contribution is -2.13. The topological polar surface area (TPSA) is 122 Å². The molecule has 158 valence electrons. The van der Waals surface area contributed by atoms with E-state index in [4.69, 9.17) is 16.3 Å². The Balaban J connectivity index is 1.76. The molecule has 1 amide bonds. The first-order valence-electron chi connectivity index (χ1n) is 9.11. The molecule has 0 atom stereocenters. The molecule has 1 N–H and O–H groups in total. The van der Waals surface area contributed by atoms with Crippen molar-refractivity contribution in [1.29, 1.82) is 5.26 Å². The summed E-state index contributed by atoms with van der Waals surface area (Å²) in [7, 11) is 0. The van der Waals surface area contributed by atoms with Crippen LogP contribution in [0.2, 0.25) is 5.02 Å². The summed E-state index contributed by atoms with van der Waals surface area (Å²) in [4.78, 5) is 35.0. The van der Waals surface area contributed by atoms with E-state index in [1.165, 1.54) is 48.5 Å². The third-order valence-electron chi connectivity index (χ3n) is 4.14. The van der Waals surface area contributed by atoms with Gasteiger partial charge in [0.2, 0.25) is 0 Å². The number of hydrogen-bond donors (Lipinski definition) is 1. The van der Waals surface area contributed by atoms with Gasteiger partial charge in [-0.15, -0.1) is 0 Å². The predicted octanol–water partition coefficient (Wildman–Crippen LogP) is 5.01. The maximum atomic E-state index is 12.4. The Hall–Kier alpha value is -4.48. The van der Waals surface area contributed by atoms with E-state index >= 15 is 0 Å². The van der Waals surface area contributed by atoms with Gasteiger partial charge in [-0.1, -0.05) is 29.8 Å². The Labute approximate surface area is 187 Å². The first-order chi connectivity index (χ1) is 15.4. The number of nitrogens with one attached hydrogen (secondary N) is 1. The first-order valence-corrected chi connectivity index (χ1v) is 9.49. The number of non-ortho nitro benzene ring substituents is 1. The fourth-order valence-corrected chi connectivity index (χ4v) is 2.76. The quantitative estimate of drug-likeness (QED) is 0.141. The third-order valence-corrected chi connectivity index (χ3v) is 4.39. The van der Waals surface area contributed by atoms with Crippen LogP contribution in [0, 0.1) is 21.4 Å². The van der Waals surface area contributed by atoms with E-state index < -0.39 is 16.8 Å². The van der Waals surface area contributed by atoms with Gasteiger partial charge >= 0.3 is 5.97 Å². The number of benzene rings is 3. The minimum atomic E-state index is -0.739. The van der Waals surface area contributed by atoms with Crippen LogP contribution in [0.3, 0.4) is 0 Å². The molecule has 0 radical (unpaired) electrons. The summed E-state index contributed by atoms with van der Waals surface area (Å²) in [5, 5.41) is 23.2. The fourth-order valence-electron chi connectivity index (χ4n) is 2.63. The Morgan fingerprint density at radius 3 is 2.47 bits per heavy atom. The largest absolute Gasteiger partial charge is 0.423 e. The Morgan fingerprint density at radius 1 is 1.06 bits per heavy atom. The molecule has 0 heterocycles. The number of amides is 1. The molecular weight excluding hydrogens is 434 g/mol. The molecule has 0 saturated heterocycles. The van der Waals surface area contributed by atoms with Crippen LogP contribution >= 0.6 is 11.6 Å². The van der Waals surface area contributed by atoms with Crippen LogP contribution < -0.4 is 10.1 Å². The van der Waals surface area contributed by atoms with Gasteiger partial charge in [0.05, 0.1) is 10.5 Å². The summed E-state index contributed by atoms with van der Waals surface area (Å²) in [6.07, 6.45) is 1.31. The highest BCUT2D eigenvalue weighted by Crippen LogP contribution is 2.20. The monoisotopic (exact) mass is 447 g/mol. The maximum Gasteiger partial charge on any atom is 0.343 e. The van der Waals surface area contributed by atoms with Gasteiger partial charge < -0.3 is 10.1 Å². The third kappa shape index (κ3) is 5.78. The van der Waals surface area contributed by atoms with Crippen LogP contribution in [-0.2, 0) is 4.79 Å². The molecule has 0 spiro atoms. The highest BCUT2D eigenvalue weighted by Gasteiger charge is 2.13. The number of carbonyl (C=O) groups excluding carboxylic acids is 2. The SMILES string of the molecule is N#C/C(=C\c1cccc(OC(=O)c2ccc(Cl)cc2)c1)C(=O)Nc1cccc([N+](=O)[O-])c1. The highest BCUT2D eigenvalue weighted by atomic mass is 35.5. The summed E-state index contributed by atoms with van der Waals surface area (Å²) < 4.78 is 5.33. The van der Waals surface area contributed by atoms with Crippen molar-refractivity contribution < 1.29 is 19.2 Å². The summed E-state index contributed by atoms with van der Waals surface area (Å²) in [5.74, 6) is -1.11. The van der Waals surface area contributed by atoms with Gasteiger partial charge in [-0.3, -0.25) is 14.9 Å². The molecule has 0 aromatic heterocycles. The van der Waals surface area contributed by atoms with E-state index in [0.717, 1.165) is 0 Å². The molecule has 8 nitrogen and oxygen atoms in total. The number of hydrogen-bond acceptors (Lipinski definition) is 6. The van der Waals surface area contributed by atoms with Gasteiger partial charge in [0.15, 0.2) is 0 Å². The molecule has 0 fully saturated rings. The zero-order valence-corrected chi connectivity index (χ0v) is 17.1. The molecule has 0 bridgehead atoms. The molecular formula is C23H14ClN3O5. The molecule has 0 unspecified atom stereocenters. The number of carbonyl (C=O) groups is 2. The van der Waals surface area contributed by atoms with E-state index in [9.17, 15) is 25.0 Å². The summed E-state index contributed by atoms with van der Waals surface area (Å²) in [6, 6.07) is 19.6. The van der Waals surface area contributed by atoms with E-state index in [1.807, 2.05) is 0 Å². The molecule has 3 aromatic rings. The predicted molar refractivity (Wildman–Crippen MR) is 118 cm³/mol. The number of nitro groups is 1. The van der Waals surface area contributed by atoms with E-state index in [0.29, 0.717) is 16.1 Å². The van der Waals surface area contributed by atoms with E-state index in [2.05, 4.69) is 5.32 Å². The van der Waals surface area contributed by atoms with Crippen molar-refractivity contribution in [2.24, 2.45) is 0 Å².